The maximum Gasteiger partial charge on any atom is 0.417 e. The molecule has 9 heteroatoms. The number of benzene rings is 2. The molecular formula is C27H30ClF3N2O3. The molecule has 2 fully saturated rings. The lowest BCUT2D eigenvalue weighted by Crippen LogP contribution is -2.48. The van der Waals surface area contributed by atoms with Crippen LogP contribution in [0.3, 0.4) is 0 Å². The van der Waals surface area contributed by atoms with Gasteiger partial charge >= 0.3 is 6.18 Å². The largest absolute Gasteiger partial charge is 0.493 e. The second kappa shape index (κ2) is 11.1. The SMILES string of the molecule is O=C(CC1(COc2ccc(Cl)cc2)CCN(C(=O)c2ccccc2C(F)(F)F)CC1)N1CCCCC1. The summed E-state index contributed by atoms with van der Waals surface area (Å²) in [6.45, 7) is 2.26. The lowest BCUT2D eigenvalue weighted by atomic mass is 9.75. The molecule has 0 saturated carbocycles. The van der Waals surface area contributed by atoms with Gasteiger partial charge in [-0.3, -0.25) is 9.59 Å². The number of ether oxygens (including phenoxy) is 1. The summed E-state index contributed by atoms with van der Waals surface area (Å²) in [5.74, 6) is 0.0518. The van der Waals surface area contributed by atoms with Crippen molar-refractivity contribution in [3.8, 4) is 5.75 Å². The summed E-state index contributed by atoms with van der Waals surface area (Å²) in [7, 11) is 0. The number of nitrogens with zero attached hydrogens (tertiary/aromatic N) is 2. The van der Waals surface area contributed by atoms with Crippen LogP contribution in [0.2, 0.25) is 5.02 Å². The van der Waals surface area contributed by atoms with Crippen molar-refractivity contribution in [1.82, 2.24) is 9.80 Å². The van der Waals surface area contributed by atoms with Crippen LogP contribution in [0.4, 0.5) is 13.2 Å². The molecule has 0 atom stereocenters. The third-order valence-corrected chi connectivity index (χ3v) is 7.42. The highest BCUT2D eigenvalue weighted by Gasteiger charge is 2.41. The molecule has 2 aromatic rings. The van der Waals surface area contributed by atoms with Gasteiger partial charge in [-0.25, -0.2) is 0 Å². The van der Waals surface area contributed by atoms with Gasteiger partial charge in [0.05, 0.1) is 17.7 Å². The molecule has 2 heterocycles. The maximum atomic E-state index is 13.5. The van der Waals surface area contributed by atoms with Crippen LogP contribution in [0.5, 0.6) is 5.75 Å². The predicted molar refractivity (Wildman–Crippen MR) is 131 cm³/mol. The van der Waals surface area contributed by atoms with Crippen molar-refractivity contribution in [1.29, 1.82) is 0 Å². The Hall–Kier alpha value is -2.74. The quantitative estimate of drug-likeness (QED) is 0.463. The van der Waals surface area contributed by atoms with Crippen molar-refractivity contribution in [2.75, 3.05) is 32.8 Å². The highest BCUT2D eigenvalue weighted by Crippen LogP contribution is 2.38. The number of halogens is 4. The second-order valence-corrected chi connectivity index (χ2v) is 10.1. The molecule has 0 radical (unpaired) electrons. The molecule has 194 valence electrons. The minimum absolute atomic E-state index is 0.0663. The van der Waals surface area contributed by atoms with E-state index in [0.29, 0.717) is 23.6 Å². The van der Waals surface area contributed by atoms with Crippen molar-refractivity contribution in [3.05, 3.63) is 64.7 Å². The number of carbonyl (C=O) groups is 2. The third-order valence-electron chi connectivity index (χ3n) is 7.17. The van der Waals surface area contributed by atoms with Gasteiger partial charge < -0.3 is 14.5 Å². The van der Waals surface area contributed by atoms with Crippen LogP contribution in [0.1, 0.15) is 54.4 Å². The first kappa shape index (κ1) is 26.3. The van der Waals surface area contributed by atoms with E-state index in [9.17, 15) is 22.8 Å². The molecule has 0 unspecified atom stereocenters. The molecule has 0 spiro atoms. The fourth-order valence-corrected chi connectivity index (χ4v) is 5.11. The summed E-state index contributed by atoms with van der Waals surface area (Å²) in [6.07, 6.45) is -0.325. The monoisotopic (exact) mass is 522 g/mol. The van der Waals surface area contributed by atoms with Gasteiger partial charge in [-0.15, -0.1) is 0 Å². The summed E-state index contributed by atoms with van der Waals surface area (Å²) in [5.41, 5.74) is -1.80. The second-order valence-electron chi connectivity index (χ2n) is 9.70. The van der Waals surface area contributed by atoms with Gasteiger partial charge in [0.15, 0.2) is 0 Å². The molecule has 0 N–H and O–H groups in total. The van der Waals surface area contributed by atoms with Crippen LogP contribution >= 0.6 is 11.6 Å². The Kier molecular flexibility index (Phi) is 8.13. The molecule has 0 aromatic heterocycles. The normalized spacial score (nSPS) is 18.1. The maximum absolute atomic E-state index is 13.5. The molecule has 36 heavy (non-hydrogen) atoms. The van der Waals surface area contributed by atoms with Gasteiger partial charge in [-0.2, -0.15) is 13.2 Å². The van der Waals surface area contributed by atoms with Gasteiger partial charge in [0.2, 0.25) is 5.91 Å². The number of carbonyl (C=O) groups excluding carboxylic acids is 2. The molecule has 2 saturated heterocycles. The molecule has 0 bridgehead atoms. The Labute approximate surface area is 214 Å². The zero-order valence-electron chi connectivity index (χ0n) is 20.0. The van der Waals surface area contributed by atoms with Gasteiger partial charge in [-0.05, 0) is 68.5 Å². The molecule has 4 rings (SSSR count). The summed E-state index contributed by atoms with van der Waals surface area (Å²) in [5, 5.41) is 0.586. The number of hydrogen-bond donors (Lipinski definition) is 0. The van der Waals surface area contributed by atoms with Crippen molar-refractivity contribution in [3.63, 3.8) is 0 Å². The number of likely N-dealkylation sites (tertiary alicyclic amines) is 2. The van der Waals surface area contributed by atoms with Gasteiger partial charge in [0.25, 0.3) is 5.91 Å². The first-order valence-corrected chi connectivity index (χ1v) is 12.7. The molecule has 5 nitrogen and oxygen atoms in total. The van der Waals surface area contributed by atoms with E-state index in [1.165, 1.54) is 23.1 Å². The average molecular weight is 523 g/mol. The van der Waals surface area contributed by atoms with E-state index in [1.807, 2.05) is 4.90 Å². The summed E-state index contributed by atoms with van der Waals surface area (Å²) in [4.78, 5) is 29.6. The van der Waals surface area contributed by atoms with E-state index in [-0.39, 0.29) is 37.6 Å². The number of piperidine rings is 2. The topological polar surface area (TPSA) is 49.9 Å². The van der Waals surface area contributed by atoms with Crippen LogP contribution in [-0.2, 0) is 11.0 Å². The van der Waals surface area contributed by atoms with Crippen LogP contribution in [0.15, 0.2) is 48.5 Å². The van der Waals surface area contributed by atoms with Crippen molar-refractivity contribution < 1.29 is 27.5 Å². The van der Waals surface area contributed by atoms with E-state index < -0.39 is 23.1 Å². The number of amides is 2. The number of rotatable bonds is 6. The zero-order chi connectivity index (χ0) is 25.8. The van der Waals surface area contributed by atoms with Crippen LogP contribution in [-0.4, -0.2) is 54.4 Å². The fourth-order valence-electron chi connectivity index (χ4n) is 4.99. The van der Waals surface area contributed by atoms with Crippen molar-refractivity contribution in [2.24, 2.45) is 5.41 Å². The van der Waals surface area contributed by atoms with Gasteiger partial charge in [0, 0.05) is 43.0 Å². The Bertz CT molecular complexity index is 1060. The Morgan fingerprint density at radius 2 is 1.53 bits per heavy atom. The smallest absolute Gasteiger partial charge is 0.417 e. The minimum Gasteiger partial charge on any atom is -0.493 e. The van der Waals surface area contributed by atoms with E-state index in [2.05, 4.69) is 0 Å². The van der Waals surface area contributed by atoms with Gasteiger partial charge in [0.1, 0.15) is 5.75 Å². The third kappa shape index (κ3) is 6.33. The molecule has 2 amide bonds. The van der Waals surface area contributed by atoms with E-state index >= 15 is 0 Å². The summed E-state index contributed by atoms with van der Waals surface area (Å²) >= 11 is 5.96. The molecule has 0 aliphatic carbocycles. The molecule has 2 aliphatic heterocycles. The lowest BCUT2D eigenvalue weighted by Gasteiger charge is -2.42. The van der Waals surface area contributed by atoms with Gasteiger partial charge in [-0.1, -0.05) is 23.7 Å². The Balaban J connectivity index is 1.48. The highest BCUT2D eigenvalue weighted by molar-refractivity contribution is 6.30. The average Bonchev–Trinajstić information content (AvgIpc) is 2.88. The van der Waals surface area contributed by atoms with Crippen molar-refractivity contribution >= 4 is 23.4 Å². The van der Waals surface area contributed by atoms with E-state index in [0.717, 1.165) is 38.4 Å². The predicted octanol–water partition coefficient (Wildman–Crippen LogP) is 6.06. The number of alkyl halides is 3. The first-order valence-electron chi connectivity index (χ1n) is 12.3. The standard InChI is InChI=1S/C27H30ClF3N2O3/c28-20-8-10-21(11-9-20)36-19-26(18-24(34)32-14-4-1-5-15-32)12-16-33(17-13-26)25(35)22-6-2-3-7-23(22)27(29,30)31/h2-3,6-11H,1,4-5,12-19H2. The highest BCUT2D eigenvalue weighted by atomic mass is 35.5. The van der Waals surface area contributed by atoms with Crippen LogP contribution in [0.25, 0.3) is 0 Å². The summed E-state index contributed by atoms with van der Waals surface area (Å²) in [6, 6.07) is 11.8. The number of hydrogen-bond acceptors (Lipinski definition) is 3. The zero-order valence-corrected chi connectivity index (χ0v) is 20.8. The van der Waals surface area contributed by atoms with Crippen LogP contribution < -0.4 is 4.74 Å². The fraction of sp³-hybridized carbons (Fsp3) is 0.481. The lowest BCUT2D eigenvalue weighted by molar-refractivity contribution is -0.138. The molecular weight excluding hydrogens is 493 g/mol. The van der Waals surface area contributed by atoms with Crippen molar-refractivity contribution in [2.45, 2.75) is 44.7 Å². The first-order chi connectivity index (χ1) is 17.2. The molecule has 2 aromatic carbocycles. The Morgan fingerprint density at radius 3 is 2.17 bits per heavy atom. The minimum atomic E-state index is -4.61. The van der Waals surface area contributed by atoms with E-state index in [1.54, 1.807) is 24.3 Å². The Morgan fingerprint density at radius 1 is 0.889 bits per heavy atom. The summed E-state index contributed by atoms with van der Waals surface area (Å²) < 4.78 is 46.5. The molecule has 2 aliphatic rings. The van der Waals surface area contributed by atoms with E-state index in [4.69, 9.17) is 16.3 Å². The van der Waals surface area contributed by atoms with Crippen LogP contribution in [0, 0.1) is 5.41 Å².